The van der Waals surface area contributed by atoms with Gasteiger partial charge in [-0.25, -0.2) is 4.68 Å². The quantitative estimate of drug-likeness (QED) is 0.741. The molecule has 0 unspecified atom stereocenters. The van der Waals surface area contributed by atoms with E-state index < -0.39 is 0 Å². The number of carbonyl (C=O) groups excluding carboxylic acids is 1. The third kappa shape index (κ3) is 4.14. The van der Waals surface area contributed by atoms with E-state index in [9.17, 15) is 9.59 Å². The monoisotopic (exact) mass is 340 g/mol. The standard InChI is InChI=1S/C17H16N4O2S/c22-16(19-10-8-13-4-1-2-9-18-13)12-21-17(23)7-6-14(20-21)15-5-3-11-24-15/h1-7,9,11H,8,10,12H2,(H,19,22). The first-order valence-electron chi connectivity index (χ1n) is 7.51. The van der Waals surface area contributed by atoms with E-state index in [1.165, 1.54) is 22.1 Å². The normalized spacial score (nSPS) is 10.5. The second-order valence-electron chi connectivity index (χ2n) is 5.11. The van der Waals surface area contributed by atoms with Crippen LogP contribution in [-0.2, 0) is 17.8 Å². The summed E-state index contributed by atoms with van der Waals surface area (Å²) in [5.74, 6) is -0.246. The van der Waals surface area contributed by atoms with E-state index >= 15 is 0 Å². The van der Waals surface area contributed by atoms with Crippen LogP contribution >= 0.6 is 11.3 Å². The van der Waals surface area contributed by atoms with Crippen LogP contribution in [0.3, 0.4) is 0 Å². The molecule has 3 aromatic rings. The minimum atomic E-state index is -0.296. The van der Waals surface area contributed by atoms with Gasteiger partial charge in [0.25, 0.3) is 5.56 Å². The number of thiophene rings is 1. The van der Waals surface area contributed by atoms with Gasteiger partial charge in [-0.3, -0.25) is 14.6 Å². The average molecular weight is 340 g/mol. The highest BCUT2D eigenvalue weighted by molar-refractivity contribution is 7.13. The van der Waals surface area contributed by atoms with E-state index in [0.29, 0.717) is 18.7 Å². The Bertz CT molecular complexity index is 860. The summed E-state index contributed by atoms with van der Waals surface area (Å²) in [6.45, 7) is 0.371. The van der Waals surface area contributed by atoms with Crippen molar-refractivity contribution >= 4 is 17.2 Å². The SMILES string of the molecule is O=C(Cn1nc(-c2cccs2)ccc1=O)NCCc1ccccn1. The molecule has 24 heavy (non-hydrogen) atoms. The summed E-state index contributed by atoms with van der Waals surface area (Å²) in [4.78, 5) is 29.1. The largest absolute Gasteiger partial charge is 0.354 e. The van der Waals surface area contributed by atoms with Crippen LogP contribution < -0.4 is 10.9 Å². The van der Waals surface area contributed by atoms with Gasteiger partial charge in [0.05, 0.1) is 4.88 Å². The van der Waals surface area contributed by atoms with Crippen LogP contribution in [0, 0.1) is 0 Å². The summed E-state index contributed by atoms with van der Waals surface area (Å²) in [5.41, 5.74) is 1.30. The fraction of sp³-hybridized carbons (Fsp3) is 0.176. The lowest BCUT2D eigenvalue weighted by Gasteiger charge is -2.07. The number of hydrogen-bond donors (Lipinski definition) is 1. The Kier molecular flexibility index (Phi) is 5.12. The Morgan fingerprint density at radius 1 is 1.17 bits per heavy atom. The molecule has 0 saturated heterocycles. The minimum absolute atomic E-state index is 0.0970. The third-order valence-electron chi connectivity index (χ3n) is 3.36. The molecule has 3 aromatic heterocycles. The molecule has 122 valence electrons. The number of nitrogens with zero attached hydrogens (tertiary/aromatic N) is 3. The van der Waals surface area contributed by atoms with Gasteiger partial charge in [-0.05, 0) is 29.6 Å². The number of aromatic nitrogens is 3. The Morgan fingerprint density at radius 2 is 2.08 bits per heavy atom. The summed E-state index contributed by atoms with van der Waals surface area (Å²) < 4.78 is 1.19. The molecule has 1 N–H and O–H groups in total. The van der Waals surface area contributed by atoms with E-state index in [2.05, 4.69) is 15.4 Å². The minimum Gasteiger partial charge on any atom is -0.354 e. The number of nitrogens with one attached hydrogen (secondary N) is 1. The fourth-order valence-electron chi connectivity index (χ4n) is 2.19. The van der Waals surface area contributed by atoms with E-state index in [4.69, 9.17) is 0 Å². The van der Waals surface area contributed by atoms with Gasteiger partial charge in [0.15, 0.2) is 0 Å². The second kappa shape index (κ2) is 7.65. The number of pyridine rings is 1. The molecule has 7 heteroatoms. The zero-order chi connectivity index (χ0) is 16.8. The van der Waals surface area contributed by atoms with Crippen molar-refractivity contribution in [1.29, 1.82) is 0 Å². The van der Waals surface area contributed by atoms with Gasteiger partial charge >= 0.3 is 0 Å². The maximum atomic E-state index is 12.0. The maximum Gasteiger partial charge on any atom is 0.267 e. The zero-order valence-electron chi connectivity index (χ0n) is 12.9. The Labute approximate surface area is 142 Å². The smallest absolute Gasteiger partial charge is 0.267 e. The highest BCUT2D eigenvalue weighted by Crippen LogP contribution is 2.20. The molecule has 0 aromatic carbocycles. The molecule has 0 bridgehead atoms. The van der Waals surface area contributed by atoms with E-state index in [1.807, 2.05) is 35.7 Å². The van der Waals surface area contributed by atoms with Crippen molar-refractivity contribution in [2.45, 2.75) is 13.0 Å². The predicted octanol–water partition coefficient (Wildman–Crippen LogP) is 1.73. The lowest BCUT2D eigenvalue weighted by molar-refractivity contribution is -0.121. The van der Waals surface area contributed by atoms with E-state index in [-0.39, 0.29) is 18.0 Å². The number of carbonyl (C=O) groups is 1. The molecular weight excluding hydrogens is 324 g/mol. The number of hydrogen-bond acceptors (Lipinski definition) is 5. The molecule has 0 atom stereocenters. The molecule has 0 spiro atoms. The van der Waals surface area contributed by atoms with Crippen LogP contribution in [0.4, 0.5) is 0 Å². The van der Waals surface area contributed by atoms with Crippen LogP contribution in [-0.4, -0.2) is 27.2 Å². The fourth-order valence-corrected chi connectivity index (χ4v) is 2.88. The van der Waals surface area contributed by atoms with Gasteiger partial charge in [-0.2, -0.15) is 5.10 Å². The maximum absolute atomic E-state index is 12.0. The van der Waals surface area contributed by atoms with Crippen LogP contribution in [0.5, 0.6) is 0 Å². The van der Waals surface area contributed by atoms with Crippen molar-refractivity contribution in [3.63, 3.8) is 0 Å². The summed E-state index contributed by atoms with van der Waals surface area (Å²) in [5, 5.41) is 8.99. The number of amides is 1. The Balaban J connectivity index is 1.60. The molecule has 0 radical (unpaired) electrons. The summed E-state index contributed by atoms with van der Waals surface area (Å²) >= 11 is 1.54. The van der Waals surface area contributed by atoms with Crippen LogP contribution in [0.25, 0.3) is 10.6 Å². The van der Waals surface area contributed by atoms with Crippen LogP contribution in [0.1, 0.15) is 5.69 Å². The van der Waals surface area contributed by atoms with Crippen LogP contribution in [0.2, 0.25) is 0 Å². The first-order chi connectivity index (χ1) is 11.7. The van der Waals surface area contributed by atoms with Crippen molar-refractivity contribution in [3.05, 3.63) is 70.1 Å². The molecule has 1 amide bonds. The van der Waals surface area contributed by atoms with Gasteiger partial charge in [0.1, 0.15) is 12.2 Å². The molecular formula is C17H16N4O2S. The van der Waals surface area contributed by atoms with Gasteiger partial charge in [0, 0.05) is 30.9 Å². The van der Waals surface area contributed by atoms with Crippen molar-refractivity contribution in [2.24, 2.45) is 0 Å². The van der Waals surface area contributed by atoms with Crippen molar-refractivity contribution in [3.8, 4) is 10.6 Å². The van der Waals surface area contributed by atoms with E-state index in [0.717, 1.165) is 10.6 Å². The van der Waals surface area contributed by atoms with Crippen molar-refractivity contribution in [1.82, 2.24) is 20.1 Å². The highest BCUT2D eigenvalue weighted by Gasteiger charge is 2.08. The molecule has 0 saturated carbocycles. The van der Waals surface area contributed by atoms with Gasteiger partial charge in [0.2, 0.25) is 5.91 Å². The zero-order valence-corrected chi connectivity index (χ0v) is 13.7. The molecule has 0 aliphatic rings. The average Bonchev–Trinajstić information content (AvgIpc) is 3.12. The predicted molar refractivity (Wildman–Crippen MR) is 92.8 cm³/mol. The molecule has 6 nitrogen and oxygen atoms in total. The number of rotatable bonds is 6. The van der Waals surface area contributed by atoms with Crippen molar-refractivity contribution in [2.75, 3.05) is 6.54 Å². The van der Waals surface area contributed by atoms with Crippen LogP contribution in [0.15, 0.2) is 58.8 Å². The summed E-state index contributed by atoms with van der Waals surface area (Å²) in [6, 6.07) is 12.6. The first-order valence-corrected chi connectivity index (χ1v) is 8.39. The van der Waals surface area contributed by atoms with Gasteiger partial charge < -0.3 is 5.32 Å². The topological polar surface area (TPSA) is 76.9 Å². The van der Waals surface area contributed by atoms with Crippen molar-refractivity contribution < 1.29 is 4.79 Å². The molecule has 0 fully saturated rings. The first kappa shape index (κ1) is 16.1. The second-order valence-corrected chi connectivity index (χ2v) is 6.06. The lowest BCUT2D eigenvalue weighted by Crippen LogP contribution is -2.34. The van der Waals surface area contributed by atoms with Gasteiger partial charge in [-0.1, -0.05) is 12.1 Å². The highest BCUT2D eigenvalue weighted by atomic mass is 32.1. The molecule has 3 rings (SSSR count). The Hall–Kier alpha value is -2.80. The summed E-state index contributed by atoms with van der Waals surface area (Å²) in [7, 11) is 0. The third-order valence-corrected chi connectivity index (χ3v) is 4.26. The molecule has 0 aliphatic carbocycles. The van der Waals surface area contributed by atoms with Gasteiger partial charge in [-0.15, -0.1) is 11.3 Å². The lowest BCUT2D eigenvalue weighted by atomic mass is 10.3. The molecule has 0 aliphatic heterocycles. The Morgan fingerprint density at radius 3 is 2.83 bits per heavy atom. The summed E-state index contributed by atoms with van der Waals surface area (Å²) in [6.07, 6.45) is 2.36. The van der Waals surface area contributed by atoms with E-state index in [1.54, 1.807) is 12.3 Å². The molecule has 3 heterocycles.